The van der Waals surface area contributed by atoms with E-state index in [0.29, 0.717) is 0 Å². The molecule has 178 valence electrons. The summed E-state index contributed by atoms with van der Waals surface area (Å²) in [5, 5.41) is 10.4. The number of H-pyrrole nitrogens is 1. The Hall–Kier alpha value is -2.59. The number of hydrogen-bond donors (Lipinski definition) is 2. The van der Waals surface area contributed by atoms with Crippen LogP contribution in [0.1, 0.15) is 29.7 Å². The number of carbonyl (C=O) groups excluding carboxylic acids is 2. The number of amides is 2. The first-order chi connectivity index (χ1) is 16.2. The number of aromatic nitrogens is 1. The van der Waals surface area contributed by atoms with Crippen LogP contribution in [0.4, 0.5) is 5.69 Å². The van der Waals surface area contributed by atoms with Crippen molar-refractivity contribution in [1.29, 1.82) is 0 Å². The van der Waals surface area contributed by atoms with Gasteiger partial charge in [0.25, 0.3) is 0 Å². The maximum atomic E-state index is 13.4. The molecule has 8 atom stereocenters. The van der Waals surface area contributed by atoms with Gasteiger partial charge in [-0.1, -0.05) is 23.5 Å². The Morgan fingerprint density at radius 1 is 1.12 bits per heavy atom. The Morgan fingerprint density at radius 3 is 2.38 bits per heavy atom. The van der Waals surface area contributed by atoms with Crippen LogP contribution in [0.15, 0.2) is 34.1 Å². The lowest BCUT2D eigenvalue weighted by Gasteiger charge is -2.43. The fourth-order valence-electron chi connectivity index (χ4n) is 6.89. The van der Waals surface area contributed by atoms with E-state index in [-0.39, 0.29) is 45.6 Å². The number of thioether (sulfide) groups is 1. The van der Waals surface area contributed by atoms with Crippen LogP contribution in [0.25, 0.3) is 0 Å². The fourth-order valence-corrected chi connectivity index (χ4v) is 9.77. The number of thiazole rings is 1. The van der Waals surface area contributed by atoms with Gasteiger partial charge in [0.1, 0.15) is 6.04 Å². The third-order valence-corrected chi connectivity index (χ3v) is 10.9. The first-order valence-electron chi connectivity index (χ1n) is 11.5. The van der Waals surface area contributed by atoms with Gasteiger partial charge in [0.2, 0.25) is 11.8 Å². The predicted octanol–water partition coefficient (Wildman–Crippen LogP) is 2.45. The predicted molar refractivity (Wildman–Crippen MR) is 128 cm³/mol. The second kappa shape index (κ2) is 7.45. The minimum absolute atomic E-state index is 0.00690. The van der Waals surface area contributed by atoms with Crippen LogP contribution in [-0.4, -0.2) is 58.2 Å². The van der Waals surface area contributed by atoms with Crippen molar-refractivity contribution in [3.8, 4) is 0 Å². The smallest absolute Gasteiger partial charge is 0.326 e. The molecule has 1 saturated heterocycles. The summed E-state index contributed by atoms with van der Waals surface area (Å²) in [5.74, 6) is -2.73. The van der Waals surface area contributed by atoms with E-state index in [0.717, 1.165) is 32.5 Å². The van der Waals surface area contributed by atoms with Gasteiger partial charge >= 0.3 is 10.8 Å². The summed E-state index contributed by atoms with van der Waals surface area (Å²) in [4.78, 5) is 57.6. The van der Waals surface area contributed by atoms with Gasteiger partial charge in [0, 0.05) is 35.8 Å². The molecule has 2 N–H and O–H groups in total. The van der Waals surface area contributed by atoms with E-state index in [1.54, 1.807) is 11.8 Å². The highest BCUT2D eigenvalue weighted by Gasteiger charge is 2.70. The molecule has 3 fully saturated rings. The van der Waals surface area contributed by atoms with Crippen molar-refractivity contribution < 1.29 is 19.5 Å². The second-order valence-electron chi connectivity index (χ2n) is 10.0. The average molecular weight is 500 g/mol. The summed E-state index contributed by atoms with van der Waals surface area (Å²) >= 11 is 2.87. The maximum Gasteiger partial charge on any atom is 0.326 e. The molecule has 6 unspecified atom stereocenters. The highest BCUT2D eigenvalue weighted by atomic mass is 32.2. The first kappa shape index (κ1) is 21.9. The quantitative estimate of drug-likeness (QED) is 0.622. The van der Waals surface area contributed by atoms with E-state index in [2.05, 4.69) is 29.2 Å². The van der Waals surface area contributed by atoms with E-state index in [1.165, 1.54) is 18.3 Å². The molecule has 3 heterocycles. The number of carboxylic acid groups (broad SMARTS) is 1. The van der Waals surface area contributed by atoms with Crippen LogP contribution in [0.3, 0.4) is 0 Å². The van der Waals surface area contributed by atoms with Crippen LogP contribution >= 0.6 is 23.1 Å². The monoisotopic (exact) mass is 499 g/mol. The van der Waals surface area contributed by atoms with Gasteiger partial charge < -0.3 is 15.0 Å². The van der Waals surface area contributed by atoms with E-state index >= 15 is 0 Å². The van der Waals surface area contributed by atoms with E-state index in [9.17, 15) is 24.3 Å². The maximum absolute atomic E-state index is 13.4. The van der Waals surface area contributed by atoms with Crippen molar-refractivity contribution in [2.45, 2.75) is 35.6 Å². The highest BCUT2D eigenvalue weighted by molar-refractivity contribution is 8.00. The Balaban J connectivity index is 1.43. The molecule has 2 aliphatic carbocycles. The van der Waals surface area contributed by atoms with Gasteiger partial charge in [-0.15, -0.1) is 11.8 Å². The Bertz CT molecular complexity index is 1270. The first-order valence-corrected chi connectivity index (χ1v) is 13.1. The third kappa shape index (κ3) is 2.84. The normalized spacial score (nSPS) is 34.1. The molecule has 0 spiro atoms. The summed E-state index contributed by atoms with van der Waals surface area (Å²) in [6, 6.07) is 7.18. The number of fused-ring (bicyclic) bond motifs is 9. The molecular weight excluding hydrogens is 474 g/mol. The zero-order valence-corrected chi connectivity index (χ0v) is 20.6. The summed E-state index contributed by atoms with van der Waals surface area (Å²) < 4.78 is 0. The van der Waals surface area contributed by atoms with Gasteiger partial charge in [-0.25, -0.2) is 4.79 Å². The van der Waals surface area contributed by atoms with Crippen molar-refractivity contribution in [2.24, 2.45) is 29.6 Å². The fraction of sp³-hybridized carbons (Fsp3) is 0.500. The number of imide groups is 1. The van der Waals surface area contributed by atoms with Crippen LogP contribution < -0.4 is 9.77 Å². The van der Waals surface area contributed by atoms with Gasteiger partial charge in [0.05, 0.1) is 16.9 Å². The Labute approximate surface area is 204 Å². The minimum atomic E-state index is -1.17. The number of nitrogens with zero attached hydrogens (tertiary/aromatic N) is 2. The zero-order chi connectivity index (χ0) is 24.0. The minimum Gasteiger partial charge on any atom is -0.480 e. The number of carboxylic acids is 1. The molecular formula is C24H25N3O5S2. The molecule has 0 radical (unpaired) electrons. The number of aromatic amines is 1. The number of likely N-dealkylation sites (tertiary alicyclic amines) is 1. The SMILES string of the molecule is C[C@H](C(=O)O)N1C(=O)C2C3CC(C2C1=O)[C@H]1C(c2ccc(N(C)C)cc2)c2sc(=O)[nH]c2SC31. The number of rotatable bonds is 4. The van der Waals surface area contributed by atoms with Crippen molar-refractivity contribution in [3.05, 3.63) is 44.4 Å². The number of aliphatic carboxylic acids is 1. The summed E-state index contributed by atoms with van der Waals surface area (Å²) in [7, 11) is 3.97. The molecule has 2 amide bonds. The van der Waals surface area contributed by atoms with Crippen LogP contribution in [0.5, 0.6) is 0 Å². The summed E-state index contributed by atoms with van der Waals surface area (Å²) in [6.45, 7) is 1.40. The lowest BCUT2D eigenvalue weighted by molar-refractivity contribution is -0.154. The number of nitrogens with one attached hydrogen (secondary N) is 1. The lowest BCUT2D eigenvalue weighted by atomic mass is 9.68. The van der Waals surface area contributed by atoms with E-state index in [4.69, 9.17) is 0 Å². The molecule has 2 aromatic rings. The van der Waals surface area contributed by atoms with Gasteiger partial charge in [-0.05, 0) is 48.8 Å². The molecule has 34 heavy (non-hydrogen) atoms. The van der Waals surface area contributed by atoms with Crippen molar-refractivity contribution in [1.82, 2.24) is 9.88 Å². The van der Waals surface area contributed by atoms with Crippen LogP contribution in [0.2, 0.25) is 0 Å². The number of hydrogen-bond acceptors (Lipinski definition) is 7. The van der Waals surface area contributed by atoms with E-state index in [1.807, 2.05) is 19.0 Å². The lowest BCUT2D eigenvalue weighted by Crippen LogP contribution is -2.44. The molecule has 10 heteroatoms. The van der Waals surface area contributed by atoms with Gasteiger partial charge in [-0.2, -0.15) is 0 Å². The summed E-state index contributed by atoms with van der Waals surface area (Å²) in [5.41, 5.74) is 2.19. The van der Waals surface area contributed by atoms with Crippen molar-refractivity contribution in [3.63, 3.8) is 0 Å². The molecule has 4 aliphatic rings. The highest BCUT2D eigenvalue weighted by Crippen LogP contribution is 2.68. The Kier molecular flexibility index (Phi) is 4.80. The second-order valence-corrected chi connectivity index (χ2v) is 12.2. The topological polar surface area (TPSA) is 111 Å². The molecule has 2 bridgehead atoms. The standard InChI is InChI=1S/C24H25N3O5S2/c1-9(23(30)31)27-21(28)16-12-8-13(17(16)22(27)29)18-15(12)14(19-20(33-18)25-24(32)34-19)10-4-6-11(7-5-10)26(2)3/h4-7,9,12-18H,8H2,1-3H3,(H,25,32)(H,30,31)/t9-,12?,13?,14?,15+,16?,17?,18?/m1/s1. The van der Waals surface area contributed by atoms with E-state index < -0.39 is 23.8 Å². The zero-order valence-electron chi connectivity index (χ0n) is 18.9. The summed E-state index contributed by atoms with van der Waals surface area (Å²) in [6.07, 6.45) is 0.788. The number of benzene rings is 1. The van der Waals surface area contributed by atoms with Crippen molar-refractivity contribution in [2.75, 3.05) is 19.0 Å². The Morgan fingerprint density at radius 2 is 1.76 bits per heavy atom. The van der Waals surface area contributed by atoms with Crippen LogP contribution in [-0.2, 0) is 14.4 Å². The van der Waals surface area contributed by atoms with Gasteiger partial charge in [0.15, 0.2) is 0 Å². The molecule has 8 nitrogen and oxygen atoms in total. The number of carbonyl (C=O) groups is 3. The largest absolute Gasteiger partial charge is 0.480 e. The average Bonchev–Trinajstić information content (AvgIpc) is 3.52. The molecule has 1 aromatic heterocycles. The van der Waals surface area contributed by atoms with Crippen LogP contribution in [0, 0.1) is 29.6 Å². The molecule has 6 rings (SSSR count). The number of anilines is 1. The third-order valence-electron chi connectivity index (χ3n) is 8.27. The molecule has 2 aliphatic heterocycles. The van der Waals surface area contributed by atoms with Gasteiger partial charge in [-0.3, -0.25) is 19.3 Å². The van der Waals surface area contributed by atoms with Crippen molar-refractivity contribution >= 4 is 46.6 Å². The molecule has 2 saturated carbocycles. The molecule has 1 aromatic carbocycles.